The average Bonchev–Trinajstić information content (AvgIpc) is 2.55. The number of nitrogens with zero attached hydrogens (tertiary/aromatic N) is 1. The molecule has 0 aliphatic carbocycles. The lowest BCUT2D eigenvalue weighted by atomic mass is 10.2. The predicted molar refractivity (Wildman–Crippen MR) is 93.0 cm³/mol. The van der Waals surface area contributed by atoms with Crippen molar-refractivity contribution in [3.63, 3.8) is 0 Å². The maximum absolute atomic E-state index is 12.0. The van der Waals surface area contributed by atoms with Crippen LogP contribution in [-0.4, -0.2) is 25.3 Å². The number of hydrogen-bond donors (Lipinski definition) is 2. The van der Waals surface area contributed by atoms with E-state index in [1.165, 1.54) is 0 Å². The zero-order chi connectivity index (χ0) is 16.7. The number of methoxy groups -OCH3 is 1. The Bertz CT molecular complexity index is 698. The fourth-order valence-corrected chi connectivity index (χ4v) is 2.04. The molecule has 0 bridgehead atoms. The fraction of sp³-hybridized carbons (Fsp3) is 0.222. The second-order valence-corrected chi connectivity index (χ2v) is 5.25. The largest absolute Gasteiger partial charge is 0.497 e. The summed E-state index contributed by atoms with van der Waals surface area (Å²) >= 11 is 0. The van der Waals surface area contributed by atoms with Crippen LogP contribution in [0.4, 0.5) is 5.69 Å². The first-order chi connectivity index (χ1) is 11.1. The van der Waals surface area contributed by atoms with Crippen LogP contribution in [0.5, 0.6) is 5.75 Å². The smallest absolute Gasteiger partial charge is 0.262 e. The minimum absolute atomic E-state index is 0.203. The van der Waals surface area contributed by atoms with Crippen molar-refractivity contribution in [3.05, 3.63) is 59.7 Å². The number of hydrogen-bond acceptors (Lipinski definition) is 4. The van der Waals surface area contributed by atoms with Crippen LogP contribution in [0.1, 0.15) is 18.1 Å². The number of rotatable bonds is 6. The molecule has 5 nitrogen and oxygen atoms in total. The van der Waals surface area contributed by atoms with Crippen molar-refractivity contribution in [2.24, 2.45) is 5.10 Å². The molecular formula is C18H21N3O2. The summed E-state index contributed by atoms with van der Waals surface area (Å²) < 4.78 is 5.14. The number of nitrogens with one attached hydrogen (secondary N) is 2. The lowest BCUT2D eigenvalue weighted by Crippen LogP contribution is -2.34. The lowest BCUT2D eigenvalue weighted by Gasteiger charge is -2.13. The monoisotopic (exact) mass is 311 g/mol. The number of amides is 1. The van der Waals surface area contributed by atoms with Gasteiger partial charge in [0.1, 0.15) is 11.8 Å². The molecule has 0 fully saturated rings. The summed E-state index contributed by atoms with van der Waals surface area (Å²) in [5.41, 5.74) is 5.43. The lowest BCUT2D eigenvalue weighted by molar-refractivity contribution is -0.121. The van der Waals surface area contributed by atoms with Crippen LogP contribution in [0.2, 0.25) is 0 Å². The van der Waals surface area contributed by atoms with Crippen LogP contribution < -0.4 is 15.5 Å². The van der Waals surface area contributed by atoms with Crippen molar-refractivity contribution in [1.82, 2.24) is 5.43 Å². The first kappa shape index (κ1) is 16.5. The molecule has 2 aromatic carbocycles. The zero-order valence-electron chi connectivity index (χ0n) is 13.5. The highest BCUT2D eigenvalue weighted by Gasteiger charge is 2.11. The van der Waals surface area contributed by atoms with Crippen molar-refractivity contribution >= 4 is 17.8 Å². The van der Waals surface area contributed by atoms with E-state index >= 15 is 0 Å². The number of ether oxygens (including phenoxy) is 1. The maximum atomic E-state index is 12.0. The summed E-state index contributed by atoms with van der Waals surface area (Å²) in [4.78, 5) is 12.0. The predicted octanol–water partition coefficient (Wildman–Crippen LogP) is 2.95. The number of carbonyl (C=O) groups is 1. The van der Waals surface area contributed by atoms with Gasteiger partial charge in [0.15, 0.2) is 0 Å². The molecule has 0 saturated heterocycles. The van der Waals surface area contributed by atoms with E-state index in [4.69, 9.17) is 4.74 Å². The zero-order valence-corrected chi connectivity index (χ0v) is 13.5. The van der Waals surface area contributed by atoms with E-state index < -0.39 is 0 Å². The van der Waals surface area contributed by atoms with Gasteiger partial charge in [0.2, 0.25) is 0 Å². The van der Waals surface area contributed by atoms with E-state index in [0.29, 0.717) is 0 Å². The van der Waals surface area contributed by atoms with Gasteiger partial charge >= 0.3 is 0 Å². The summed E-state index contributed by atoms with van der Waals surface area (Å²) in [6, 6.07) is 14.9. The quantitative estimate of drug-likeness (QED) is 0.637. The Morgan fingerprint density at radius 3 is 2.74 bits per heavy atom. The summed E-state index contributed by atoms with van der Waals surface area (Å²) in [6.07, 6.45) is 1.58. The van der Waals surface area contributed by atoms with E-state index in [9.17, 15) is 4.79 Å². The highest BCUT2D eigenvalue weighted by molar-refractivity contribution is 5.86. The van der Waals surface area contributed by atoms with Gasteiger partial charge in [0.25, 0.3) is 5.91 Å². The number of hydrazone groups is 1. The van der Waals surface area contributed by atoms with E-state index in [0.717, 1.165) is 22.6 Å². The Morgan fingerprint density at radius 2 is 2.00 bits per heavy atom. The van der Waals surface area contributed by atoms with Crippen molar-refractivity contribution in [2.75, 3.05) is 12.4 Å². The first-order valence-electron chi connectivity index (χ1n) is 7.38. The summed E-state index contributed by atoms with van der Waals surface area (Å²) in [5, 5.41) is 7.12. The molecule has 0 heterocycles. The van der Waals surface area contributed by atoms with E-state index in [2.05, 4.69) is 15.8 Å². The Balaban J connectivity index is 1.89. The normalized spacial score (nSPS) is 12.0. The molecule has 1 unspecified atom stereocenters. The van der Waals surface area contributed by atoms with Crippen LogP contribution in [-0.2, 0) is 4.79 Å². The van der Waals surface area contributed by atoms with Gasteiger partial charge in [0.05, 0.1) is 13.3 Å². The van der Waals surface area contributed by atoms with Crippen molar-refractivity contribution in [1.29, 1.82) is 0 Å². The minimum Gasteiger partial charge on any atom is -0.497 e. The molecule has 0 spiro atoms. The number of benzene rings is 2. The third kappa shape index (κ3) is 5.14. The molecule has 5 heteroatoms. The highest BCUT2D eigenvalue weighted by Crippen LogP contribution is 2.11. The molecule has 0 aromatic heterocycles. The van der Waals surface area contributed by atoms with E-state index in [1.807, 2.05) is 55.5 Å². The molecule has 0 radical (unpaired) electrons. The van der Waals surface area contributed by atoms with Gasteiger partial charge in [-0.2, -0.15) is 5.10 Å². The molecule has 120 valence electrons. The molecule has 2 aromatic rings. The number of anilines is 1. The molecule has 1 amide bonds. The van der Waals surface area contributed by atoms with Crippen LogP contribution in [0.3, 0.4) is 0 Å². The van der Waals surface area contributed by atoms with Crippen LogP contribution >= 0.6 is 0 Å². The van der Waals surface area contributed by atoms with Crippen LogP contribution in [0.25, 0.3) is 0 Å². The van der Waals surface area contributed by atoms with Crippen molar-refractivity contribution < 1.29 is 9.53 Å². The van der Waals surface area contributed by atoms with Crippen LogP contribution in [0.15, 0.2) is 53.6 Å². The second-order valence-electron chi connectivity index (χ2n) is 5.25. The number of aryl methyl sites for hydroxylation is 1. The van der Waals surface area contributed by atoms with Gasteiger partial charge in [-0.05, 0) is 49.2 Å². The third-order valence-corrected chi connectivity index (χ3v) is 3.28. The molecule has 23 heavy (non-hydrogen) atoms. The van der Waals surface area contributed by atoms with Crippen LogP contribution in [0, 0.1) is 6.92 Å². The van der Waals surface area contributed by atoms with Gasteiger partial charge in [-0.15, -0.1) is 0 Å². The minimum atomic E-state index is -0.390. The SMILES string of the molecule is COc1cccc(C=NNC(=O)C(C)Nc2cccc(C)c2)c1. The van der Waals surface area contributed by atoms with Gasteiger partial charge in [-0.25, -0.2) is 5.43 Å². The topological polar surface area (TPSA) is 62.7 Å². The molecule has 0 aliphatic heterocycles. The third-order valence-electron chi connectivity index (χ3n) is 3.28. The Kier molecular flexibility index (Phi) is 5.74. The van der Waals surface area contributed by atoms with E-state index in [1.54, 1.807) is 20.2 Å². The molecule has 0 saturated carbocycles. The standard InChI is InChI=1S/C18H21N3O2/c1-13-6-4-8-16(10-13)20-14(2)18(22)21-19-12-15-7-5-9-17(11-15)23-3/h4-12,14,20H,1-3H3,(H,21,22). The van der Waals surface area contributed by atoms with Gasteiger partial charge in [-0.1, -0.05) is 24.3 Å². The summed E-state index contributed by atoms with van der Waals surface area (Å²) in [5.74, 6) is 0.542. The number of carbonyl (C=O) groups excluding carboxylic acids is 1. The molecule has 2 rings (SSSR count). The summed E-state index contributed by atoms with van der Waals surface area (Å²) in [7, 11) is 1.61. The van der Waals surface area contributed by atoms with Crippen molar-refractivity contribution in [2.45, 2.75) is 19.9 Å². The molecule has 2 N–H and O–H groups in total. The fourth-order valence-electron chi connectivity index (χ4n) is 2.04. The molecular weight excluding hydrogens is 290 g/mol. The van der Waals surface area contributed by atoms with Gasteiger partial charge in [-0.3, -0.25) is 4.79 Å². The van der Waals surface area contributed by atoms with Gasteiger partial charge in [0, 0.05) is 5.69 Å². The Morgan fingerprint density at radius 1 is 1.22 bits per heavy atom. The molecule has 0 aliphatic rings. The second kappa shape index (κ2) is 7.98. The maximum Gasteiger partial charge on any atom is 0.262 e. The Labute approximate surface area is 136 Å². The van der Waals surface area contributed by atoms with Gasteiger partial charge < -0.3 is 10.1 Å². The highest BCUT2D eigenvalue weighted by atomic mass is 16.5. The molecule has 1 atom stereocenters. The van der Waals surface area contributed by atoms with Crippen molar-refractivity contribution in [3.8, 4) is 5.75 Å². The Hall–Kier alpha value is -2.82. The van der Waals surface area contributed by atoms with E-state index in [-0.39, 0.29) is 11.9 Å². The average molecular weight is 311 g/mol. The first-order valence-corrected chi connectivity index (χ1v) is 7.38. The summed E-state index contributed by atoms with van der Waals surface area (Å²) in [6.45, 7) is 3.80.